The molecule has 9 nitrogen and oxygen atoms in total. The Hall–Kier alpha value is -2.81. The summed E-state index contributed by atoms with van der Waals surface area (Å²) in [7, 11) is 0. The minimum absolute atomic E-state index is 0.0431. The van der Waals surface area contributed by atoms with Crippen LogP contribution in [0, 0.1) is 5.92 Å². The third kappa shape index (κ3) is 6.59. The van der Waals surface area contributed by atoms with Crippen molar-refractivity contribution in [2.24, 2.45) is 5.92 Å². The van der Waals surface area contributed by atoms with Gasteiger partial charge in [-0.25, -0.2) is 9.59 Å². The maximum Gasteiger partial charge on any atom is 0.408 e. The van der Waals surface area contributed by atoms with E-state index in [0.29, 0.717) is 10.6 Å². The van der Waals surface area contributed by atoms with Gasteiger partial charge in [-0.3, -0.25) is 9.59 Å². The van der Waals surface area contributed by atoms with Gasteiger partial charge in [0.05, 0.1) is 6.54 Å². The highest BCUT2D eigenvalue weighted by Crippen LogP contribution is 2.19. The summed E-state index contributed by atoms with van der Waals surface area (Å²) in [6, 6.07) is 4.06. The molecule has 1 aliphatic rings. The third-order valence-corrected chi connectivity index (χ3v) is 5.19. The van der Waals surface area contributed by atoms with Gasteiger partial charge in [0.15, 0.2) is 0 Å². The minimum Gasteiger partial charge on any atom is -0.480 e. The molecular weight excluding hydrogens is 438 g/mol. The van der Waals surface area contributed by atoms with Crippen molar-refractivity contribution in [1.29, 1.82) is 0 Å². The average molecular weight is 468 g/mol. The van der Waals surface area contributed by atoms with Gasteiger partial charge in [0.1, 0.15) is 17.7 Å². The van der Waals surface area contributed by atoms with E-state index in [9.17, 15) is 24.3 Å². The van der Waals surface area contributed by atoms with Crippen molar-refractivity contribution in [2.45, 2.75) is 52.3 Å². The van der Waals surface area contributed by atoms with E-state index < -0.39 is 41.6 Å². The van der Waals surface area contributed by atoms with Crippen molar-refractivity contribution < 1.29 is 29.0 Å². The first-order chi connectivity index (χ1) is 14.8. The molecule has 2 N–H and O–H groups in total. The fourth-order valence-electron chi connectivity index (χ4n) is 3.34. The highest BCUT2D eigenvalue weighted by molar-refractivity contribution is 6.30. The number of hydrogen-bond acceptors (Lipinski definition) is 5. The molecule has 176 valence electrons. The Morgan fingerprint density at radius 3 is 2.22 bits per heavy atom. The lowest BCUT2D eigenvalue weighted by Gasteiger charge is -2.41. The SMILES string of the molecule is CC(C)[C@H](NC(=O)OC(C)(C)C)C(=O)N1CCN(C(=O)c2ccc(Cl)cc2)[C@@H](C(=O)O)C1. The normalized spacial score (nSPS) is 17.7. The molecule has 0 aliphatic carbocycles. The van der Waals surface area contributed by atoms with Gasteiger partial charge in [-0.2, -0.15) is 0 Å². The van der Waals surface area contributed by atoms with Crippen molar-refractivity contribution >= 4 is 35.5 Å². The molecule has 0 saturated carbocycles. The number of carboxylic acid groups (broad SMARTS) is 1. The first-order valence-corrected chi connectivity index (χ1v) is 10.8. The number of halogens is 1. The van der Waals surface area contributed by atoms with Crippen molar-refractivity contribution in [2.75, 3.05) is 19.6 Å². The van der Waals surface area contributed by atoms with E-state index in [1.54, 1.807) is 46.8 Å². The Kier molecular flexibility index (Phi) is 8.12. The van der Waals surface area contributed by atoms with Crippen LogP contribution in [0.2, 0.25) is 5.02 Å². The summed E-state index contributed by atoms with van der Waals surface area (Å²) >= 11 is 5.86. The summed E-state index contributed by atoms with van der Waals surface area (Å²) in [6.45, 7) is 8.69. The molecule has 10 heteroatoms. The van der Waals surface area contributed by atoms with Crippen LogP contribution in [-0.4, -0.2) is 76.1 Å². The Labute approximate surface area is 192 Å². The zero-order valence-corrected chi connectivity index (χ0v) is 19.7. The third-order valence-electron chi connectivity index (χ3n) is 4.93. The first-order valence-electron chi connectivity index (χ1n) is 10.4. The van der Waals surface area contributed by atoms with Crippen LogP contribution >= 0.6 is 11.6 Å². The molecule has 0 spiro atoms. The number of nitrogens with one attached hydrogen (secondary N) is 1. The van der Waals surface area contributed by atoms with E-state index in [-0.39, 0.29) is 25.6 Å². The lowest BCUT2D eigenvalue weighted by Crippen LogP contribution is -2.62. The second-order valence-electron chi connectivity index (χ2n) is 9.01. The number of carbonyl (C=O) groups excluding carboxylic acids is 3. The first kappa shape index (κ1) is 25.5. The van der Waals surface area contributed by atoms with Crippen LogP contribution in [0.25, 0.3) is 0 Å². The number of benzene rings is 1. The Balaban J connectivity index is 2.15. The highest BCUT2D eigenvalue weighted by Gasteiger charge is 2.40. The van der Waals surface area contributed by atoms with Gasteiger partial charge in [-0.15, -0.1) is 0 Å². The number of nitrogens with zero attached hydrogens (tertiary/aromatic N) is 2. The number of rotatable bonds is 5. The molecule has 1 aromatic carbocycles. The standard InChI is InChI=1S/C22H30ClN3O6/c1-13(2)17(24-21(31)32-22(3,4)5)19(28)25-10-11-26(16(12-25)20(29)30)18(27)14-6-8-15(23)9-7-14/h6-9,13,16-17H,10-12H2,1-5H3,(H,24,31)(H,29,30)/t16-,17+/m1/s1. The predicted octanol–water partition coefficient (Wildman–Crippen LogP) is 2.63. The fourth-order valence-corrected chi connectivity index (χ4v) is 3.47. The molecule has 0 unspecified atom stereocenters. The van der Waals surface area contributed by atoms with Crippen molar-refractivity contribution in [1.82, 2.24) is 15.1 Å². The zero-order valence-electron chi connectivity index (χ0n) is 18.9. The van der Waals surface area contributed by atoms with E-state index in [1.807, 2.05) is 0 Å². The Morgan fingerprint density at radius 1 is 1.12 bits per heavy atom. The van der Waals surface area contributed by atoms with Crippen LogP contribution in [0.4, 0.5) is 4.79 Å². The molecule has 1 aromatic rings. The molecule has 2 rings (SSSR count). The number of alkyl carbamates (subject to hydrolysis) is 1. The number of hydrogen-bond donors (Lipinski definition) is 2. The number of carbonyl (C=O) groups is 4. The van der Waals surface area contributed by atoms with E-state index in [1.165, 1.54) is 21.9 Å². The monoisotopic (exact) mass is 467 g/mol. The van der Waals surface area contributed by atoms with Crippen LogP contribution < -0.4 is 5.32 Å². The highest BCUT2D eigenvalue weighted by atomic mass is 35.5. The summed E-state index contributed by atoms with van der Waals surface area (Å²) in [5.41, 5.74) is -0.413. The minimum atomic E-state index is -1.22. The number of ether oxygens (including phenoxy) is 1. The Morgan fingerprint density at radius 2 is 1.72 bits per heavy atom. The molecule has 3 amide bonds. The van der Waals surface area contributed by atoms with Gasteiger partial charge < -0.3 is 25.0 Å². The smallest absolute Gasteiger partial charge is 0.408 e. The van der Waals surface area contributed by atoms with Crippen LogP contribution in [-0.2, 0) is 14.3 Å². The van der Waals surface area contributed by atoms with Crippen LogP contribution in [0.3, 0.4) is 0 Å². The van der Waals surface area contributed by atoms with Gasteiger partial charge in [-0.05, 0) is 51.0 Å². The van der Waals surface area contributed by atoms with Crippen LogP contribution in [0.15, 0.2) is 24.3 Å². The van der Waals surface area contributed by atoms with Gasteiger partial charge in [-0.1, -0.05) is 25.4 Å². The number of piperazine rings is 1. The second-order valence-corrected chi connectivity index (χ2v) is 9.45. The van der Waals surface area contributed by atoms with Crippen molar-refractivity contribution in [3.63, 3.8) is 0 Å². The second kappa shape index (κ2) is 10.2. The average Bonchev–Trinajstić information content (AvgIpc) is 2.69. The summed E-state index contributed by atoms with van der Waals surface area (Å²) in [6.07, 6.45) is -0.726. The fraction of sp³-hybridized carbons (Fsp3) is 0.545. The lowest BCUT2D eigenvalue weighted by molar-refractivity contribution is -0.148. The van der Waals surface area contributed by atoms with Gasteiger partial charge in [0, 0.05) is 23.7 Å². The summed E-state index contributed by atoms with van der Waals surface area (Å²) in [4.78, 5) is 52.7. The van der Waals surface area contributed by atoms with E-state index >= 15 is 0 Å². The van der Waals surface area contributed by atoms with Crippen molar-refractivity contribution in [3.05, 3.63) is 34.9 Å². The summed E-state index contributed by atoms with van der Waals surface area (Å²) in [5.74, 6) is -2.35. The maximum atomic E-state index is 13.1. The van der Waals surface area contributed by atoms with E-state index in [0.717, 1.165) is 0 Å². The number of aliphatic carboxylic acids is 1. The predicted molar refractivity (Wildman–Crippen MR) is 118 cm³/mol. The van der Waals surface area contributed by atoms with E-state index in [2.05, 4.69) is 5.32 Å². The maximum absolute atomic E-state index is 13.1. The summed E-state index contributed by atoms with van der Waals surface area (Å²) < 4.78 is 5.24. The molecular formula is C22H30ClN3O6. The van der Waals surface area contributed by atoms with Gasteiger partial charge >= 0.3 is 12.1 Å². The van der Waals surface area contributed by atoms with Crippen LogP contribution in [0.1, 0.15) is 45.0 Å². The van der Waals surface area contributed by atoms with Gasteiger partial charge in [0.2, 0.25) is 5.91 Å². The molecule has 2 atom stereocenters. The molecule has 1 saturated heterocycles. The summed E-state index contributed by atoms with van der Waals surface area (Å²) in [5, 5.41) is 12.8. The molecule has 1 aliphatic heterocycles. The van der Waals surface area contributed by atoms with E-state index in [4.69, 9.17) is 16.3 Å². The number of carboxylic acids is 1. The van der Waals surface area contributed by atoms with Gasteiger partial charge in [0.25, 0.3) is 5.91 Å². The van der Waals surface area contributed by atoms with Crippen LogP contribution in [0.5, 0.6) is 0 Å². The molecule has 32 heavy (non-hydrogen) atoms. The molecule has 0 radical (unpaired) electrons. The largest absolute Gasteiger partial charge is 0.480 e. The quantitative estimate of drug-likeness (QED) is 0.687. The number of amides is 3. The zero-order chi connectivity index (χ0) is 24.2. The molecule has 0 aromatic heterocycles. The Bertz CT molecular complexity index is 865. The topological polar surface area (TPSA) is 116 Å². The molecule has 1 heterocycles. The lowest BCUT2D eigenvalue weighted by atomic mass is 10.0. The van der Waals surface area contributed by atoms with Crippen molar-refractivity contribution in [3.8, 4) is 0 Å². The molecule has 1 fully saturated rings. The molecule has 0 bridgehead atoms.